The van der Waals surface area contributed by atoms with Gasteiger partial charge in [0.15, 0.2) is 0 Å². The van der Waals surface area contributed by atoms with Crippen molar-refractivity contribution in [2.24, 2.45) is 0 Å². The summed E-state index contributed by atoms with van der Waals surface area (Å²) in [4.78, 5) is 41.9. The van der Waals surface area contributed by atoms with Gasteiger partial charge in [-0.3, -0.25) is 0 Å². The van der Waals surface area contributed by atoms with Crippen LogP contribution in [-0.4, -0.2) is 57.7 Å². The van der Waals surface area contributed by atoms with Gasteiger partial charge in [-0.1, -0.05) is 21.6 Å². The Hall–Kier alpha value is -2.61. The van der Waals surface area contributed by atoms with Crippen LogP contribution in [0, 0.1) is 41.0 Å². The lowest BCUT2D eigenvalue weighted by molar-refractivity contribution is -0.765. The van der Waals surface area contributed by atoms with Gasteiger partial charge in [0.2, 0.25) is 5.60 Å². The number of phenolic OH excluding ortho intramolecular Hbond substituents is 1. The van der Waals surface area contributed by atoms with Crippen molar-refractivity contribution in [2.45, 2.75) is 51.4 Å². The van der Waals surface area contributed by atoms with Crippen molar-refractivity contribution >= 4 is 27.6 Å². The zero-order chi connectivity index (χ0) is 24.8. The van der Waals surface area contributed by atoms with Crippen LogP contribution in [0.25, 0.3) is 0 Å². The lowest BCUT2D eigenvalue weighted by Crippen LogP contribution is -2.46. The highest BCUT2D eigenvalue weighted by atomic mass is 33.1. The Balaban J connectivity index is 1.87. The molecule has 0 spiro atoms. The first kappa shape index (κ1) is 26.6. The van der Waals surface area contributed by atoms with Crippen molar-refractivity contribution in [1.29, 1.82) is 0 Å². The van der Waals surface area contributed by atoms with Crippen molar-refractivity contribution in [3.8, 4) is 11.5 Å². The summed E-state index contributed by atoms with van der Waals surface area (Å²) in [5.74, 6) is 0.645. The van der Waals surface area contributed by atoms with E-state index in [9.17, 15) is 30.1 Å². The molecule has 0 aromatic heterocycles. The van der Waals surface area contributed by atoms with Crippen LogP contribution in [0.3, 0.4) is 0 Å². The molecule has 1 unspecified atom stereocenters. The Morgan fingerprint density at radius 3 is 2.33 bits per heavy atom. The number of hydrogen-bond donors (Lipinski definition) is 1. The summed E-state index contributed by atoms with van der Waals surface area (Å²) in [7, 11) is 2.32. The first-order chi connectivity index (χ1) is 15.5. The van der Waals surface area contributed by atoms with E-state index in [1.54, 1.807) is 13.8 Å². The predicted molar refractivity (Wildman–Crippen MR) is 120 cm³/mol. The molecule has 1 aliphatic heterocycles. The van der Waals surface area contributed by atoms with Gasteiger partial charge < -0.3 is 24.3 Å². The summed E-state index contributed by atoms with van der Waals surface area (Å²) in [5, 5.41) is 28.3. The fraction of sp³-hybridized carbons (Fsp3) is 0.632. The monoisotopic (exact) mass is 506 g/mol. The molecule has 184 valence electrons. The van der Waals surface area contributed by atoms with E-state index in [1.165, 1.54) is 10.8 Å². The van der Waals surface area contributed by atoms with E-state index in [4.69, 9.17) is 9.47 Å². The van der Waals surface area contributed by atoms with Crippen LogP contribution in [-0.2, 0) is 25.6 Å². The second-order valence-electron chi connectivity index (χ2n) is 7.58. The SMILES string of the molecule is Cc1c(C)c2c(c(C)c1O)CCC(C)(C(=O)OCCSSC(CO[N+](=O)[O-])CO[N+](=O)[O-])O2. The molecule has 1 atom stereocenters. The minimum absolute atomic E-state index is 0.0494. The zero-order valence-electron chi connectivity index (χ0n) is 18.7. The predicted octanol–water partition coefficient (Wildman–Crippen LogP) is 3.11. The number of carbonyl (C=O) groups is 1. The average molecular weight is 507 g/mol. The molecule has 0 aliphatic carbocycles. The van der Waals surface area contributed by atoms with E-state index in [0.717, 1.165) is 27.5 Å². The highest BCUT2D eigenvalue weighted by Gasteiger charge is 2.42. The molecule has 1 N–H and O–H groups in total. The van der Waals surface area contributed by atoms with Gasteiger partial charge in [-0.25, -0.2) is 4.79 Å². The molecule has 1 aromatic carbocycles. The van der Waals surface area contributed by atoms with Crippen molar-refractivity contribution < 1.29 is 39.2 Å². The van der Waals surface area contributed by atoms with Crippen molar-refractivity contribution in [3.63, 3.8) is 0 Å². The number of rotatable bonds is 12. The first-order valence-corrected chi connectivity index (χ1v) is 12.3. The molecule has 0 radical (unpaired) electrons. The number of aromatic hydroxyl groups is 1. The van der Waals surface area contributed by atoms with Crippen LogP contribution in [0.4, 0.5) is 0 Å². The third kappa shape index (κ3) is 6.93. The van der Waals surface area contributed by atoms with Crippen LogP contribution in [0.1, 0.15) is 35.6 Å². The number of fused-ring (bicyclic) bond motifs is 1. The Morgan fingerprint density at radius 1 is 1.15 bits per heavy atom. The number of esters is 1. The molecule has 1 aliphatic rings. The Morgan fingerprint density at radius 2 is 1.76 bits per heavy atom. The van der Waals surface area contributed by atoms with E-state index < -0.39 is 27.0 Å². The molecule has 0 fully saturated rings. The Labute approximate surface area is 197 Å². The highest BCUT2D eigenvalue weighted by Crippen LogP contribution is 2.43. The number of phenols is 1. The minimum atomic E-state index is -1.17. The molecular formula is C19H26N2O10S2. The first-order valence-electron chi connectivity index (χ1n) is 9.97. The van der Waals surface area contributed by atoms with E-state index >= 15 is 0 Å². The fourth-order valence-corrected chi connectivity index (χ4v) is 5.32. The lowest BCUT2D eigenvalue weighted by Gasteiger charge is -2.35. The largest absolute Gasteiger partial charge is 0.507 e. The van der Waals surface area contributed by atoms with Gasteiger partial charge in [0.1, 0.15) is 31.3 Å². The summed E-state index contributed by atoms with van der Waals surface area (Å²) >= 11 is 0. The van der Waals surface area contributed by atoms with E-state index in [-0.39, 0.29) is 25.6 Å². The van der Waals surface area contributed by atoms with Crippen molar-refractivity contribution in [1.82, 2.24) is 0 Å². The molecule has 14 heteroatoms. The maximum Gasteiger partial charge on any atom is 0.350 e. The number of hydrogen-bond acceptors (Lipinski definition) is 12. The molecule has 1 aromatic rings. The Kier molecular flexibility index (Phi) is 9.28. The zero-order valence-corrected chi connectivity index (χ0v) is 20.3. The summed E-state index contributed by atoms with van der Waals surface area (Å²) in [6, 6.07) is 0. The van der Waals surface area contributed by atoms with Gasteiger partial charge in [-0.2, -0.15) is 0 Å². The normalized spacial score (nSPS) is 17.1. The lowest BCUT2D eigenvalue weighted by atomic mass is 9.87. The summed E-state index contributed by atoms with van der Waals surface area (Å²) < 4.78 is 11.4. The smallest absolute Gasteiger partial charge is 0.350 e. The maximum atomic E-state index is 12.7. The molecule has 2 rings (SSSR count). The second kappa shape index (κ2) is 11.5. The maximum absolute atomic E-state index is 12.7. The van der Waals surface area contributed by atoms with Gasteiger partial charge in [0.05, 0.1) is 5.25 Å². The van der Waals surface area contributed by atoms with Crippen molar-refractivity contribution in [3.05, 3.63) is 42.5 Å². The van der Waals surface area contributed by atoms with E-state index in [2.05, 4.69) is 9.68 Å². The molecule has 12 nitrogen and oxygen atoms in total. The second-order valence-corrected chi connectivity index (χ2v) is 10.4. The van der Waals surface area contributed by atoms with Gasteiger partial charge in [-0.15, -0.1) is 20.2 Å². The van der Waals surface area contributed by atoms with Crippen LogP contribution in [0.5, 0.6) is 11.5 Å². The fourth-order valence-electron chi connectivity index (χ4n) is 3.25. The third-order valence-corrected chi connectivity index (χ3v) is 8.03. The van der Waals surface area contributed by atoms with Gasteiger partial charge in [0, 0.05) is 17.7 Å². The van der Waals surface area contributed by atoms with Gasteiger partial charge in [-0.05, 0) is 50.8 Å². The molecule has 33 heavy (non-hydrogen) atoms. The van der Waals surface area contributed by atoms with Gasteiger partial charge >= 0.3 is 5.97 Å². The topological polar surface area (TPSA) is 160 Å². The van der Waals surface area contributed by atoms with Crippen molar-refractivity contribution in [2.75, 3.05) is 25.6 Å². The van der Waals surface area contributed by atoms with Crippen LogP contribution >= 0.6 is 21.6 Å². The van der Waals surface area contributed by atoms with E-state index in [0.29, 0.717) is 29.9 Å². The standard InChI is InChI=1S/C19H26N2O10S2/c1-11-12(2)17-15(13(3)16(11)22)5-6-19(4,31-17)18(23)28-7-8-32-33-14(9-29-20(24)25)10-30-21(26)27/h14,22H,5-10H2,1-4H3. The summed E-state index contributed by atoms with van der Waals surface area (Å²) in [5.41, 5.74) is 1.93. The van der Waals surface area contributed by atoms with Crippen LogP contribution in [0.2, 0.25) is 0 Å². The molecule has 1 heterocycles. The number of carbonyl (C=O) groups excluding carboxylic acids is 1. The summed E-state index contributed by atoms with van der Waals surface area (Å²) in [6.07, 6.45) is 0.947. The highest BCUT2D eigenvalue weighted by molar-refractivity contribution is 8.77. The minimum Gasteiger partial charge on any atom is -0.507 e. The van der Waals surface area contributed by atoms with Gasteiger partial charge in [0.25, 0.3) is 10.2 Å². The average Bonchev–Trinajstić information content (AvgIpc) is 2.76. The molecule has 0 saturated carbocycles. The Bertz CT molecular complexity index is 895. The summed E-state index contributed by atoms with van der Waals surface area (Å²) in [6.45, 7) is 6.40. The van der Waals surface area contributed by atoms with E-state index in [1.807, 2.05) is 13.8 Å². The molecule has 0 amide bonds. The van der Waals surface area contributed by atoms with Crippen LogP contribution in [0.15, 0.2) is 0 Å². The van der Waals surface area contributed by atoms with Crippen LogP contribution < -0.4 is 4.74 Å². The number of nitrogens with zero attached hydrogens (tertiary/aromatic N) is 2. The number of ether oxygens (including phenoxy) is 2. The molecule has 0 bridgehead atoms. The number of benzene rings is 1. The molecular weight excluding hydrogens is 480 g/mol. The quantitative estimate of drug-likeness (QED) is 0.145. The molecule has 0 saturated heterocycles. The third-order valence-electron chi connectivity index (χ3n) is 5.29.